The van der Waals surface area contributed by atoms with Gasteiger partial charge in [-0.25, -0.2) is 0 Å². The van der Waals surface area contributed by atoms with E-state index in [4.69, 9.17) is 0 Å². The van der Waals surface area contributed by atoms with Gasteiger partial charge in [-0.1, -0.05) is 109 Å². The summed E-state index contributed by atoms with van der Waals surface area (Å²) >= 11 is 0. The third-order valence-corrected chi connectivity index (χ3v) is 5.39. The van der Waals surface area contributed by atoms with E-state index in [2.05, 4.69) is 42.2 Å². The molecule has 0 unspecified atom stereocenters. The van der Waals surface area contributed by atoms with Crippen LogP contribution in [0.15, 0.2) is 30.3 Å². The highest BCUT2D eigenvalue weighted by molar-refractivity contribution is 5.80. The van der Waals surface area contributed by atoms with Crippen molar-refractivity contribution in [1.29, 1.82) is 0 Å². The lowest BCUT2D eigenvalue weighted by molar-refractivity contribution is 0.535. The zero-order chi connectivity index (χ0) is 17.6. The molecule has 1 aromatic heterocycles. The number of aryl methyl sites for hydroxylation is 1. The highest BCUT2D eigenvalue weighted by atomic mass is 14.7. The number of fused-ring (bicyclic) bond motifs is 1. The monoisotopic (exact) mass is 341 g/mol. The van der Waals surface area contributed by atoms with Crippen molar-refractivity contribution in [2.24, 2.45) is 0 Å². The summed E-state index contributed by atoms with van der Waals surface area (Å²) in [5.41, 5.74) is 2.68. The summed E-state index contributed by atoms with van der Waals surface area (Å²) in [6.45, 7) is 2.29. The van der Waals surface area contributed by atoms with Crippen LogP contribution in [0.4, 0.5) is 0 Å². The van der Waals surface area contributed by atoms with Crippen LogP contribution in [0, 0.1) is 0 Å². The molecule has 0 amide bonds. The predicted molar refractivity (Wildman–Crippen MR) is 112 cm³/mol. The average Bonchev–Trinajstić information content (AvgIpc) is 3.05. The Morgan fingerprint density at radius 2 is 1.16 bits per heavy atom. The molecule has 140 valence electrons. The molecule has 2 rings (SSSR count). The minimum atomic E-state index is 1.20. The van der Waals surface area contributed by atoms with Crippen molar-refractivity contribution in [2.45, 2.75) is 103 Å². The van der Waals surface area contributed by atoms with E-state index in [1.807, 2.05) is 0 Å². The van der Waals surface area contributed by atoms with Gasteiger partial charge in [0.1, 0.15) is 0 Å². The summed E-state index contributed by atoms with van der Waals surface area (Å²) in [6, 6.07) is 10.9. The van der Waals surface area contributed by atoms with E-state index in [0.717, 1.165) is 0 Å². The van der Waals surface area contributed by atoms with Crippen LogP contribution in [-0.2, 0) is 6.42 Å². The number of benzene rings is 1. The van der Waals surface area contributed by atoms with E-state index in [0.29, 0.717) is 0 Å². The fourth-order valence-electron chi connectivity index (χ4n) is 3.78. The van der Waals surface area contributed by atoms with E-state index in [-0.39, 0.29) is 0 Å². The first-order chi connectivity index (χ1) is 12.4. The number of rotatable bonds is 15. The molecule has 1 heteroatoms. The van der Waals surface area contributed by atoms with E-state index < -0.39 is 0 Å². The van der Waals surface area contributed by atoms with Gasteiger partial charge in [-0.05, 0) is 30.4 Å². The SMILES string of the molecule is CCCCCCCCCCCCCCCCc1cc2ccccc2[nH]1. The Labute approximate surface area is 155 Å². The van der Waals surface area contributed by atoms with E-state index in [1.54, 1.807) is 0 Å². The van der Waals surface area contributed by atoms with Gasteiger partial charge in [0.05, 0.1) is 0 Å². The quantitative estimate of drug-likeness (QED) is 0.314. The molecule has 0 spiro atoms. The second kappa shape index (κ2) is 13.0. The molecule has 0 aliphatic carbocycles. The molecule has 25 heavy (non-hydrogen) atoms. The number of H-pyrrole nitrogens is 1. The highest BCUT2D eigenvalue weighted by Gasteiger charge is 2.00. The Bertz CT molecular complexity index is 521. The molecule has 0 radical (unpaired) electrons. The fraction of sp³-hybridized carbons (Fsp3) is 0.667. The maximum atomic E-state index is 3.54. The summed E-state index contributed by atoms with van der Waals surface area (Å²) in [6.07, 6.45) is 21.2. The minimum Gasteiger partial charge on any atom is -0.358 e. The number of para-hydroxylation sites is 1. The van der Waals surface area contributed by atoms with Crippen LogP contribution < -0.4 is 0 Å². The van der Waals surface area contributed by atoms with Crippen molar-refractivity contribution in [3.63, 3.8) is 0 Å². The van der Waals surface area contributed by atoms with Gasteiger partial charge in [-0.15, -0.1) is 0 Å². The molecule has 0 atom stereocenters. The van der Waals surface area contributed by atoms with Gasteiger partial charge < -0.3 is 4.98 Å². The third kappa shape index (κ3) is 8.61. The number of unbranched alkanes of at least 4 members (excludes halogenated alkanes) is 13. The first-order valence-corrected chi connectivity index (χ1v) is 11.0. The van der Waals surface area contributed by atoms with Gasteiger partial charge in [0.25, 0.3) is 0 Å². The second-order valence-electron chi connectivity index (χ2n) is 7.73. The minimum absolute atomic E-state index is 1.20. The molecule has 0 aliphatic heterocycles. The number of hydrogen-bond acceptors (Lipinski definition) is 0. The Kier molecular flexibility index (Phi) is 10.5. The van der Waals surface area contributed by atoms with Gasteiger partial charge in [-0.2, -0.15) is 0 Å². The third-order valence-electron chi connectivity index (χ3n) is 5.39. The number of hydrogen-bond donors (Lipinski definition) is 1. The van der Waals surface area contributed by atoms with Crippen LogP contribution in [0.1, 0.15) is 103 Å². The summed E-state index contributed by atoms with van der Waals surface area (Å²) in [5, 5.41) is 1.35. The first-order valence-electron chi connectivity index (χ1n) is 11.0. The molecule has 0 bridgehead atoms. The maximum absolute atomic E-state index is 3.54. The molecule has 1 nitrogen and oxygen atoms in total. The van der Waals surface area contributed by atoms with E-state index in [1.165, 1.54) is 113 Å². The number of aromatic nitrogens is 1. The topological polar surface area (TPSA) is 15.8 Å². The van der Waals surface area contributed by atoms with Crippen LogP contribution in [0.3, 0.4) is 0 Å². The Hall–Kier alpha value is -1.24. The van der Waals surface area contributed by atoms with E-state index in [9.17, 15) is 0 Å². The van der Waals surface area contributed by atoms with Crippen molar-refractivity contribution in [3.05, 3.63) is 36.0 Å². The number of aromatic amines is 1. The fourth-order valence-corrected chi connectivity index (χ4v) is 3.78. The second-order valence-corrected chi connectivity index (χ2v) is 7.73. The zero-order valence-electron chi connectivity index (χ0n) is 16.5. The molecule has 0 aliphatic rings. The largest absolute Gasteiger partial charge is 0.358 e. The first kappa shape index (κ1) is 20.1. The van der Waals surface area contributed by atoms with Gasteiger partial charge in [-0.3, -0.25) is 0 Å². The standard InChI is InChI=1S/C24H39N/c1-2-3-4-5-6-7-8-9-10-11-12-13-14-15-19-23-21-22-18-16-17-20-24(22)25-23/h16-18,20-21,25H,2-15,19H2,1H3. The predicted octanol–water partition coefficient (Wildman–Crippen LogP) is 8.19. The Morgan fingerprint density at radius 1 is 0.640 bits per heavy atom. The van der Waals surface area contributed by atoms with Crippen LogP contribution in [0.25, 0.3) is 10.9 Å². The smallest absolute Gasteiger partial charge is 0.0456 e. The zero-order valence-corrected chi connectivity index (χ0v) is 16.5. The maximum Gasteiger partial charge on any atom is 0.0456 e. The summed E-state index contributed by atoms with van der Waals surface area (Å²) in [5.74, 6) is 0. The summed E-state index contributed by atoms with van der Waals surface area (Å²) in [7, 11) is 0. The van der Waals surface area contributed by atoms with Gasteiger partial charge in [0, 0.05) is 11.2 Å². The van der Waals surface area contributed by atoms with Crippen LogP contribution in [0.5, 0.6) is 0 Å². The lowest BCUT2D eigenvalue weighted by Crippen LogP contribution is -1.86. The molecule has 1 N–H and O–H groups in total. The molecular weight excluding hydrogens is 302 g/mol. The lowest BCUT2D eigenvalue weighted by Gasteiger charge is -2.03. The van der Waals surface area contributed by atoms with Crippen LogP contribution in [-0.4, -0.2) is 4.98 Å². The molecule has 0 fully saturated rings. The van der Waals surface area contributed by atoms with Crippen molar-refractivity contribution < 1.29 is 0 Å². The van der Waals surface area contributed by atoms with Gasteiger partial charge >= 0.3 is 0 Å². The number of nitrogens with one attached hydrogen (secondary N) is 1. The lowest BCUT2D eigenvalue weighted by atomic mass is 10.0. The Balaban J connectivity index is 1.36. The molecule has 0 saturated heterocycles. The Morgan fingerprint density at radius 3 is 1.72 bits per heavy atom. The molecule has 0 saturated carbocycles. The average molecular weight is 342 g/mol. The van der Waals surface area contributed by atoms with E-state index >= 15 is 0 Å². The van der Waals surface area contributed by atoms with Crippen LogP contribution >= 0.6 is 0 Å². The molecular formula is C24H39N. The summed E-state index contributed by atoms with van der Waals surface area (Å²) in [4.78, 5) is 3.54. The van der Waals surface area contributed by atoms with Gasteiger partial charge in [0.2, 0.25) is 0 Å². The molecule has 1 heterocycles. The summed E-state index contributed by atoms with van der Waals surface area (Å²) < 4.78 is 0. The van der Waals surface area contributed by atoms with Crippen molar-refractivity contribution >= 4 is 10.9 Å². The van der Waals surface area contributed by atoms with Crippen molar-refractivity contribution in [1.82, 2.24) is 4.98 Å². The molecule has 2 aromatic rings. The van der Waals surface area contributed by atoms with Crippen LogP contribution in [0.2, 0.25) is 0 Å². The normalized spacial score (nSPS) is 11.4. The highest BCUT2D eigenvalue weighted by Crippen LogP contribution is 2.17. The van der Waals surface area contributed by atoms with Crippen molar-refractivity contribution in [2.75, 3.05) is 0 Å². The van der Waals surface area contributed by atoms with Gasteiger partial charge in [0.15, 0.2) is 0 Å². The van der Waals surface area contributed by atoms with Crippen molar-refractivity contribution in [3.8, 4) is 0 Å². The molecule has 1 aromatic carbocycles.